The quantitative estimate of drug-likeness (QED) is 0.468. The molecule has 0 bridgehead atoms. The number of hydrogen-bond acceptors (Lipinski definition) is 6. The van der Waals surface area contributed by atoms with Crippen molar-refractivity contribution in [1.82, 2.24) is 19.7 Å². The van der Waals surface area contributed by atoms with Crippen LogP contribution in [0.25, 0.3) is 5.69 Å². The molecule has 1 aliphatic heterocycles. The van der Waals surface area contributed by atoms with E-state index >= 15 is 0 Å². The number of rotatable bonds is 6. The van der Waals surface area contributed by atoms with Crippen molar-refractivity contribution in [3.8, 4) is 5.69 Å². The summed E-state index contributed by atoms with van der Waals surface area (Å²) in [5.41, 5.74) is 2.29. The molecule has 8 nitrogen and oxygen atoms in total. The van der Waals surface area contributed by atoms with Gasteiger partial charge in [-0.15, -0.1) is 0 Å². The summed E-state index contributed by atoms with van der Waals surface area (Å²) in [6, 6.07) is 21.4. The van der Waals surface area contributed by atoms with Gasteiger partial charge in [0, 0.05) is 18.0 Å². The molecule has 33 heavy (non-hydrogen) atoms. The highest BCUT2D eigenvalue weighted by Gasteiger charge is 2.46. The molecule has 4 aromatic rings. The van der Waals surface area contributed by atoms with E-state index in [1.165, 1.54) is 0 Å². The van der Waals surface area contributed by atoms with E-state index in [1.807, 2.05) is 91.6 Å². The minimum Gasteiger partial charge on any atom is -0.446 e. The van der Waals surface area contributed by atoms with E-state index in [2.05, 4.69) is 20.4 Å². The number of para-hydroxylation sites is 1. The highest BCUT2D eigenvalue weighted by molar-refractivity contribution is 5.90. The van der Waals surface area contributed by atoms with Gasteiger partial charge in [-0.2, -0.15) is 10.1 Å². The van der Waals surface area contributed by atoms with Gasteiger partial charge in [0.2, 0.25) is 5.95 Å². The van der Waals surface area contributed by atoms with E-state index < -0.39 is 11.6 Å². The van der Waals surface area contributed by atoms with Crippen molar-refractivity contribution in [2.75, 3.05) is 16.8 Å². The van der Waals surface area contributed by atoms with Crippen molar-refractivity contribution in [3.63, 3.8) is 0 Å². The lowest BCUT2D eigenvalue weighted by Crippen LogP contribution is -2.42. The lowest BCUT2D eigenvalue weighted by Gasteiger charge is -2.31. The van der Waals surface area contributed by atoms with Crippen LogP contribution in [0.5, 0.6) is 0 Å². The van der Waals surface area contributed by atoms with Gasteiger partial charge in [-0.25, -0.2) is 19.4 Å². The number of nitrogens with one attached hydrogen (secondary N) is 1. The van der Waals surface area contributed by atoms with Crippen LogP contribution in [-0.2, 0) is 10.3 Å². The molecule has 3 heterocycles. The van der Waals surface area contributed by atoms with E-state index in [-0.39, 0.29) is 12.6 Å². The van der Waals surface area contributed by atoms with Crippen LogP contribution in [0.3, 0.4) is 0 Å². The molecular formula is C25H24N6O2. The lowest BCUT2D eigenvalue weighted by atomic mass is 9.92. The van der Waals surface area contributed by atoms with Crippen LogP contribution in [-0.4, -0.2) is 32.4 Å². The summed E-state index contributed by atoms with van der Waals surface area (Å²) >= 11 is 0. The third kappa shape index (κ3) is 3.91. The smallest absolute Gasteiger partial charge is 0.416 e. The molecule has 1 N–H and O–H groups in total. The fourth-order valence-corrected chi connectivity index (χ4v) is 3.99. The van der Waals surface area contributed by atoms with Crippen molar-refractivity contribution in [1.29, 1.82) is 0 Å². The standard InChI is InChI=1S/C25H24N6O2/c1-18(19-15-27-30(16-19)21-11-7-4-8-12-21)28-23-26-14-13-22(29-23)31-24(32)33-17-25(31,2)20-9-5-3-6-10-20/h3-16,18H,17H2,1-2H3,(H,26,28,29)/t18-,25-/m0/s1. The van der Waals surface area contributed by atoms with E-state index in [4.69, 9.17) is 4.74 Å². The third-order valence-electron chi connectivity index (χ3n) is 5.89. The zero-order valence-corrected chi connectivity index (χ0v) is 18.4. The van der Waals surface area contributed by atoms with Gasteiger partial charge in [0.15, 0.2) is 0 Å². The molecule has 0 radical (unpaired) electrons. The number of aromatic nitrogens is 4. The summed E-state index contributed by atoms with van der Waals surface area (Å²) in [5, 5.41) is 7.77. The van der Waals surface area contributed by atoms with Crippen LogP contribution in [0.2, 0.25) is 0 Å². The summed E-state index contributed by atoms with van der Waals surface area (Å²) in [6.45, 7) is 4.24. The summed E-state index contributed by atoms with van der Waals surface area (Å²) in [5.74, 6) is 0.899. The van der Waals surface area contributed by atoms with Crippen molar-refractivity contribution in [2.45, 2.75) is 25.4 Å². The molecule has 8 heteroatoms. The van der Waals surface area contributed by atoms with E-state index in [9.17, 15) is 4.79 Å². The topological polar surface area (TPSA) is 85.2 Å². The second-order valence-electron chi connectivity index (χ2n) is 8.19. The number of hydrogen-bond donors (Lipinski definition) is 1. The SMILES string of the molecule is C[C@H](Nc1nccc(N2C(=O)OC[C@@]2(C)c2ccccc2)n1)c1cnn(-c2ccccc2)c1. The number of benzene rings is 2. The number of cyclic esters (lactones) is 1. The van der Waals surface area contributed by atoms with Gasteiger partial charge >= 0.3 is 6.09 Å². The Hall–Kier alpha value is -4.20. The molecular weight excluding hydrogens is 416 g/mol. The number of carbonyl (C=O) groups is 1. The molecule has 2 aromatic carbocycles. The van der Waals surface area contributed by atoms with Gasteiger partial charge in [-0.05, 0) is 37.6 Å². The second kappa shape index (κ2) is 8.38. The molecule has 0 unspecified atom stereocenters. The molecule has 1 aliphatic rings. The first kappa shape index (κ1) is 20.7. The molecule has 5 rings (SSSR count). The summed E-state index contributed by atoms with van der Waals surface area (Å²) < 4.78 is 7.25. The monoisotopic (exact) mass is 440 g/mol. The fraction of sp³-hybridized carbons (Fsp3) is 0.200. The Morgan fingerprint density at radius 2 is 1.79 bits per heavy atom. The molecule has 0 aliphatic carbocycles. The maximum atomic E-state index is 12.7. The van der Waals surface area contributed by atoms with Crippen LogP contribution >= 0.6 is 0 Å². The van der Waals surface area contributed by atoms with Gasteiger partial charge < -0.3 is 10.1 Å². The summed E-state index contributed by atoms with van der Waals surface area (Å²) in [7, 11) is 0. The Balaban J connectivity index is 1.38. The predicted molar refractivity (Wildman–Crippen MR) is 125 cm³/mol. The number of anilines is 2. The predicted octanol–water partition coefficient (Wildman–Crippen LogP) is 4.71. The van der Waals surface area contributed by atoms with E-state index in [0.717, 1.165) is 16.8 Å². The Morgan fingerprint density at radius 3 is 2.55 bits per heavy atom. The molecule has 1 saturated heterocycles. The molecule has 0 saturated carbocycles. The van der Waals surface area contributed by atoms with Crippen LogP contribution in [0.4, 0.5) is 16.6 Å². The van der Waals surface area contributed by atoms with Crippen LogP contribution in [0, 0.1) is 0 Å². The normalized spacial score (nSPS) is 18.7. The van der Waals surface area contributed by atoms with Crippen molar-refractivity contribution < 1.29 is 9.53 Å². The molecule has 166 valence electrons. The molecule has 2 aromatic heterocycles. The zero-order valence-electron chi connectivity index (χ0n) is 18.4. The number of ether oxygens (including phenoxy) is 1. The largest absolute Gasteiger partial charge is 0.446 e. The van der Waals surface area contributed by atoms with Gasteiger partial charge in [0.1, 0.15) is 18.0 Å². The highest BCUT2D eigenvalue weighted by Crippen LogP contribution is 2.37. The minimum absolute atomic E-state index is 0.0938. The summed E-state index contributed by atoms with van der Waals surface area (Å²) in [6.07, 6.45) is 5.00. The first-order valence-electron chi connectivity index (χ1n) is 10.8. The fourth-order valence-electron chi connectivity index (χ4n) is 3.99. The van der Waals surface area contributed by atoms with Crippen LogP contribution < -0.4 is 10.2 Å². The Morgan fingerprint density at radius 1 is 1.06 bits per heavy atom. The van der Waals surface area contributed by atoms with Crippen molar-refractivity contribution in [2.24, 2.45) is 0 Å². The first-order valence-corrected chi connectivity index (χ1v) is 10.8. The number of carbonyl (C=O) groups excluding carboxylic acids is 1. The van der Waals surface area contributed by atoms with Crippen LogP contribution in [0.15, 0.2) is 85.3 Å². The van der Waals surface area contributed by atoms with Gasteiger partial charge in [-0.3, -0.25) is 0 Å². The average molecular weight is 441 g/mol. The third-order valence-corrected chi connectivity index (χ3v) is 5.89. The zero-order chi connectivity index (χ0) is 22.8. The van der Waals surface area contributed by atoms with E-state index in [1.54, 1.807) is 17.2 Å². The first-order chi connectivity index (χ1) is 16.0. The minimum atomic E-state index is -0.660. The van der Waals surface area contributed by atoms with E-state index in [0.29, 0.717) is 11.8 Å². The van der Waals surface area contributed by atoms with Crippen molar-refractivity contribution in [3.05, 3.63) is 96.4 Å². The Labute approximate surface area is 191 Å². The number of amides is 1. The Bertz CT molecular complexity index is 1260. The van der Waals surface area contributed by atoms with Gasteiger partial charge in [0.25, 0.3) is 0 Å². The average Bonchev–Trinajstić information content (AvgIpc) is 3.46. The van der Waals surface area contributed by atoms with Crippen LogP contribution in [0.1, 0.15) is 31.0 Å². The van der Waals surface area contributed by atoms with Gasteiger partial charge in [0.05, 0.1) is 17.9 Å². The lowest BCUT2D eigenvalue weighted by molar-refractivity contribution is 0.174. The maximum Gasteiger partial charge on any atom is 0.416 e. The molecule has 1 amide bonds. The van der Waals surface area contributed by atoms with Gasteiger partial charge in [-0.1, -0.05) is 48.5 Å². The maximum absolute atomic E-state index is 12.7. The second-order valence-corrected chi connectivity index (χ2v) is 8.19. The Kier molecular flexibility index (Phi) is 5.26. The molecule has 1 fully saturated rings. The summed E-state index contributed by atoms with van der Waals surface area (Å²) in [4.78, 5) is 23.2. The molecule has 2 atom stereocenters. The number of nitrogens with zero attached hydrogens (tertiary/aromatic N) is 5. The highest BCUT2D eigenvalue weighted by atomic mass is 16.6. The molecule has 0 spiro atoms. The van der Waals surface area contributed by atoms with Crippen molar-refractivity contribution >= 4 is 17.9 Å².